The summed E-state index contributed by atoms with van der Waals surface area (Å²) in [7, 11) is 0. The monoisotopic (exact) mass is 579 g/mol. The Hall–Kier alpha value is -3.82. The van der Waals surface area contributed by atoms with E-state index < -0.39 is 11.7 Å². The number of fused-ring (bicyclic) bond motifs is 1. The summed E-state index contributed by atoms with van der Waals surface area (Å²) >= 11 is 1.51. The van der Waals surface area contributed by atoms with Crippen LogP contribution in [0, 0.1) is 0 Å². The van der Waals surface area contributed by atoms with E-state index in [1.54, 1.807) is 6.07 Å². The van der Waals surface area contributed by atoms with E-state index in [0.29, 0.717) is 36.7 Å². The number of nitrogens with one attached hydrogen (secondary N) is 1. The Balaban J connectivity index is 1.26. The molecular formula is C32H32F3N3O2S. The van der Waals surface area contributed by atoms with Crippen LogP contribution in [0.15, 0.2) is 84.8 Å². The van der Waals surface area contributed by atoms with Gasteiger partial charge in [0.15, 0.2) is 11.5 Å². The van der Waals surface area contributed by atoms with Crippen LogP contribution in [0.2, 0.25) is 0 Å². The van der Waals surface area contributed by atoms with Crippen molar-refractivity contribution in [2.45, 2.75) is 51.6 Å². The molecule has 9 heteroatoms. The van der Waals surface area contributed by atoms with Gasteiger partial charge in [-0.05, 0) is 54.7 Å². The largest absolute Gasteiger partial charge is 0.454 e. The molecule has 0 saturated heterocycles. The van der Waals surface area contributed by atoms with Crippen LogP contribution in [0.5, 0.6) is 11.5 Å². The highest BCUT2D eigenvalue weighted by Crippen LogP contribution is 2.34. The third-order valence-corrected chi connectivity index (χ3v) is 7.69. The Morgan fingerprint density at radius 1 is 0.951 bits per heavy atom. The molecule has 0 aliphatic carbocycles. The van der Waals surface area contributed by atoms with E-state index in [0.717, 1.165) is 40.9 Å². The summed E-state index contributed by atoms with van der Waals surface area (Å²) in [5.41, 5.74) is 3.73. The van der Waals surface area contributed by atoms with E-state index in [1.807, 2.05) is 41.8 Å². The Labute approximate surface area is 242 Å². The molecule has 1 unspecified atom stereocenters. The summed E-state index contributed by atoms with van der Waals surface area (Å²) in [4.78, 5) is 6.89. The van der Waals surface area contributed by atoms with E-state index in [4.69, 9.17) is 14.5 Å². The number of benzene rings is 3. The van der Waals surface area contributed by atoms with Gasteiger partial charge in [0.25, 0.3) is 0 Å². The van der Waals surface area contributed by atoms with Crippen LogP contribution in [-0.2, 0) is 32.2 Å². The second-order valence-corrected chi connectivity index (χ2v) is 11.1. The molecule has 1 aliphatic rings. The first-order chi connectivity index (χ1) is 19.7. The number of ether oxygens (including phenoxy) is 2. The van der Waals surface area contributed by atoms with Gasteiger partial charge in [0.2, 0.25) is 6.79 Å². The Bertz CT molecular complexity index is 1470. The molecule has 2 heterocycles. The van der Waals surface area contributed by atoms with Crippen LogP contribution in [-0.4, -0.2) is 22.7 Å². The summed E-state index contributed by atoms with van der Waals surface area (Å²) in [6.45, 7) is 7.79. The lowest BCUT2D eigenvalue weighted by atomic mass is 10.1. The van der Waals surface area contributed by atoms with Gasteiger partial charge in [-0.25, -0.2) is 4.98 Å². The fraction of sp³-hybridized carbons (Fsp3) is 0.281. The molecule has 0 spiro atoms. The van der Waals surface area contributed by atoms with Gasteiger partial charge in [-0.2, -0.15) is 13.2 Å². The second kappa shape index (κ2) is 12.8. The first-order valence-corrected chi connectivity index (χ1v) is 14.3. The fourth-order valence-corrected chi connectivity index (χ4v) is 5.61. The first kappa shape index (κ1) is 28.7. The molecule has 5 nitrogen and oxygen atoms in total. The van der Waals surface area contributed by atoms with Crippen molar-refractivity contribution in [1.82, 2.24) is 15.2 Å². The maximum Gasteiger partial charge on any atom is 0.416 e. The number of thiazole rings is 1. The molecule has 0 bridgehead atoms. The molecule has 1 aromatic heterocycles. The lowest BCUT2D eigenvalue weighted by Gasteiger charge is -2.22. The van der Waals surface area contributed by atoms with E-state index in [1.165, 1.54) is 29.0 Å². The normalized spacial score (nSPS) is 13.4. The van der Waals surface area contributed by atoms with Crippen LogP contribution >= 0.6 is 11.3 Å². The number of aryl methyl sites for hydroxylation is 1. The molecule has 214 valence electrons. The Kier molecular flexibility index (Phi) is 8.95. The van der Waals surface area contributed by atoms with Crippen molar-refractivity contribution in [2.75, 3.05) is 6.79 Å². The zero-order chi connectivity index (χ0) is 28.8. The van der Waals surface area contributed by atoms with Crippen LogP contribution in [0.3, 0.4) is 0 Å². The van der Waals surface area contributed by atoms with Gasteiger partial charge in [-0.15, -0.1) is 11.3 Å². The number of aromatic nitrogens is 1. The smallest absolute Gasteiger partial charge is 0.416 e. The molecule has 0 fully saturated rings. The van der Waals surface area contributed by atoms with E-state index in [-0.39, 0.29) is 12.8 Å². The van der Waals surface area contributed by atoms with E-state index >= 15 is 0 Å². The van der Waals surface area contributed by atoms with Gasteiger partial charge in [0, 0.05) is 24.5 Å². The molecule has 0 radical (unpaired) electrons. The number of nitrogens with zero attached hydrogens (tertiary/aromatic N) is 2. The highest BCUT2D eigenvalue weighted by atomic mass is 32.1. The Morgan fingerprint density at radius 2 is 1.68 bits per heavy atom. The van der Waals surface area contributed by atoms with Crippen molar-refractivity contribution in [2.24, 2.45) is 0 Å². The van der Waals surface area contributed by atoms with Crippen molar-refractivity contribution >= 4 is 17.0 Å². The molecule has 1 N–H and O–H groups in total. The lowest BCUT2D eigenvalue weighted by Crippen LogP contribution is -2.25. The van der Waals surface area contributed by atoms with Crippen molar-refractivity contribution in [3.8, 4) is 11.5 Å². The number of rotatable bonds is 12. The summed E-state index contributed by atoms with van der Waals surface area (Å²) in [5.74, 6) is 1.36. The molecule has 1 aliphatic heterocycles. The van der Waals surface area contributed by atoms with Crippen molar-refractivity contribution in [3.63, 3.8) is 0 Å². The summed E-state index contributed by atoms with van der Waals surface area (Å²) in [6, 6.07) is 21.8. The predicted octanol–water partition coefficient (Wildman–Crippen LogP) is 7.67. The molecule has 0 saturated carbocycles. The topological polar surface area (TPSA) is 46.6 Å². The maximum atomic E-state index is 13.4. The molecule has 3 aromatic carbocycles. The molecule has 41 heavy (non-hydrogen) atoms. The van der Waals surface area contributed by atoms with Crippen LogP contribution in [0.1, 0.15) is 46.3 Å². The van der Waals surface area contributed by atoms with Crippen LogP contribution in [0.25, 0.3) is 5.70 Å². The third kappa shape index (κ3) is 7.89. The van der Waals surface area contributed by atoms with Crippen molar-refractivity contribution in [3.05, 3.63) is 118 Å². The lowest BCUT2D eigenvalue weighted by molar-refractivity contribution is -0.137. The highest BCUT2D eigenvalue weighted by molar-refractivity contribution is 7.09. The van der Waals surface area contributed by atoms with Crippen LogP contribution < -0.4 is 14.8 Å². The minimum atomic E-state index is -4.39. The number of hydrogen-bond donors (Lipinski definition) is 1. The molecule has 0 amide bonds. The van der Waals surface area contributed by atoms with Gasteiger partial charge >= 0.3 is 6.18 Å². The number of hydrogen-bond acceptors (Lipinski definition) is 6. The van der Waals surface area contributed by atoms with E-state index in [9.17, 15) is 13.2 Å². The number of alkyl halides is 3. The minimum absolute atomic E-state index is 0.178. The predicted molar refractivity (Wildman–Crippen MR) is 155 cm³/mol. The second-order valence-electron chi connectivity index (χ2n) is 10.2. The summed E-state index contributed by atoms with van der Waals surface area (Å²) in [6.07, 6.45) is -2.47. The van der Waals surface area contributed by atoms with Gasteiger partial charge in [0.05, 0.1) is 23.5 Å². The SMILES string of the molecule is C=C(NC(C)CCc1ccccc1)c1csc(CN(Cc2cccc(C(F)(F)F)c2)Cc2ccc3c(c2)OCO3)n1. The minimum Gasteiger partial charge on any atom is -0.454 e. The third-order valence-electron chi connectivity index (χ3n) is 6.85. The zero-order valence-corrected chi connectivity index (χ0v) is 23.6. The van der Waals surface area contributed by atoms with Gasteiger partial charge < -0.3 is 14.8 Å². The average molecular weight is 580 g/mol. The van der Waals surface area contributed by atoms with Gasteiger partial charge in [0.1, 0.15) is 5.01 Å². The van der Waals surface area contributed by atoms with Gasteiger partial charge in [-0.1, -0.05) is 61.2 Å². The van der Waals surface area contributed by atoms with E-state index in [2.05, 4.69) is 35.9 Å². The summed E-state index contributed by atoms with van der Waals surface area (Å²) in [5, 5.41) is 6.28. The zero-order valence-electron chi connectivity index (χ0n) is 22.8. The first-order valence-electron chi connectivity index (χ1n) is 13.4. The molecular weight excluding hydrogens is 547 g/mol. The molecule has 1 atom stereocenters. The Morgan fingerprint density at radius 3 is 2.46 bits per heavy atom. The quantitative estimate of drug-likeness (QED) is 0.187. The molecule has 4 aromatic rings. The maximum absolute atomic E-state index is 13.4. The van der Waals surface area contributed by atoms with Gasteiger partial charge in [-0.3, -0.25) is 4.90 Å². The van der Waals surface area contributed by atoms with Crippen LogP contribution in [0.4, 0.5) is 13.2 Å². The fourth-order valence-electron chi connectivity index (χ4n) is 4.75. The summed E-state index contributed by atoms with van der Waals surface area (Å²) < 4.78 is 51.0. The number of halogens is 3. The average Bonchev–Trinajstić information content (AvgIpc) is 3.62. The van der Waals surface area contributed by atoms with Crippen molar-refractivity contribution in [1.29, 1.82) is 0 Å². The highest BCUT2D eigenvalue weighted by Gasteiger charge is 2.30. The van der Waals surface area contributed by atoms with Crippen molar-refractivity contribution < 1.29 is 22.6 Å². The standard InChI is InChI=1S/C32H32F3N3O2S/c1-22(11-12-24-7-4-3-5-8-24)36-23(2)28-20-41-31(37-28)19-38(17-25-9-6-10-27(15-25)32(33,34)35)18-26-13-14-29-30(16-26)40-21-39-29/h3-10,13-16,20,22,36H,2,11-12,17-19,21H2,1H3. The molecule has 5 rings (SSSR count).